The Morgan fingerprint density at radius 3 is 2.88 bits per heavy atom. The number of nitriles is 1. The summed E-state index contributed by atoms with van der Waals surface area (Å²) in [5.41, 5.74) is 6.89. The Bertz CT molecular complexity index is 542. The zero-order chi connectivity index (χ0) is 12.1. The van der Waals surface area contributed by atoms with Crippen molar-refractivity contribution in [3.05, 3.63) is 47.8 Å². The van der Waals surface area contributed by atoms with Gasteiger partial charge in [0.1, 0.15) is 23.4 Å². The van der Waals surface area contributed by atoms with Crippen LogP contribution in [0.1, 0.15) is 11.3 Å². The molecule has 2 aromatic rings. The van der Waals surface area contributed by atoms with Crippen molar-refractivity contribution in [3.63, 3.8) is 0 Å². The molecule has 84 valence electrons. The van der Waals surface area contributed by atoms with Crippen LogP contribution in [0.15, 0.2) is 36.5 Å². The highest BCUT2D eigenvalue weighted by Crippen LogP contribution is 2.07. The standard InChI is InChI=1S/C12H11N5/c13-6-10-2-1-3-12(17-10)16-8-9-4-5-11(14)15-7-9/h1-5,7H,8H2,(H2,14,15)(H,16,17). The second-order valence-corrected chi connectivity index (χ2v) is 3.46. The molecule has 2 aromatic heterocycles. The number of hydrogen-bond donors (Lipinski definition) is 2. The highest BCUT2D eigenvalue weighted by Gasteiger charge is 1.97. The third kappa shape index (κ3) is 2.92. The summed E-state index contributed by atoms with van der Waals surface area (Å²) in [6.45, 7) is 0.592. The lowest BCUT2D eigenvalue weighted by molar-refractivity contribution is 1.08. The van der Waals surface area contributed by atoms with Gasteiger partial charge in [0.15, 0.2) is 0 Å². The van der Waals surface area contributed by atoms with E-state index in [-0.39, 0.29) is 0 Å². The van der Waals surface area contributed by atoms with Crippen LogP contribution in [0, 0.1) is 11.3 Å². The van der Waals surface area contributed by atoms with Gasteiger partial charge in [-0.15, -0.1) is 0 Å². The number of nitrogens with one attached hydrogen (secondary N) is 1. The minimum atomic E-state index is 0.394. The van der Waals surface area contributed by atoms with Crippen LogP contribution in [-0.2, 0) is 6.54 Å². The summed E-state index contributed by atoms with van der Waals surface area (Å²) in [6, 6.07) is 10.9. The molecule has 0 saturated carbocycles. The maximum Gasteiger partial charge on any atom is 0.142 e. The van der Waals surface area contributed by atoms with E-state index in [9.17, 15) is 0 Å². The molecule has 0 unspecified atom stereocenters. The molecular formula is C12H11N5. The number of rotatable bonds is 3. The summed E-state index contributed by atoms with van der Waals surface area (Å²) in [5.74, 6) is 1.17. The molecule has 5 heteroatoms. The normalized spacial score (nSPS) is 9.59. The lowest BCUT2D eigenvalue weighted by Crippen LogP contribution is -2.02. The van der Waals surface area contributed by atoms with Gasteiger partial charge < -0.3 is 11.1 Å². The first-order valence-corrected chi connectivity index (χ1v) is 5.09. The van der Waals surface area contributed by atoms with E-state index in [1.807, 2.05) is 18.2 Å². The van der Waals surface area contributed by atoms with E-state index in [0.717, 1.165) is 5.56 Å². The molecule has 0 aliphatic heterocycles. The van der Waals surface area contributed by atoms with Crippen molar-refractivity contribution < 1.29 is 0 Å². The Morgan fingerprint density at radius 1 is 1.29 bits per heavy atom. The van der Waals surface area contributed by atoms with Gasteiger partial charge in [0.05, 0.1) is 0 Å². The number of nitrogen functional groups attached to an aromatic ring is 1. The minimum Gasteiger partial charge on any atom is -0.384 e. The van der Waals surface area contributed by atoms with Crippen LogP contribution < -0.4 is 11.1 Å². The van der Waals surface area contributed by atoms with Gasteiger partial charge in [-0.05, 0) is 23.8 Å². The van der Waals surface area contributed by atoms with E-state index in [1.165, 1.54) is 0 Å². The van der Waals surface area contributed by atoms with Crippen molar-refractivity contribution in [2.75, 3.05) is 11.1 Å². The van der Waals surface area contributed by atoms with Crippen LogP contribution in [0.4, 0.5) is 11.6 Å². The Labute approximate surface area is 98.9 Å². The average Bonchev–Trinajstić information content (AvgIpc) is 2.38. The van der Waals surface area contributed by atoms with Crippen molar-refractivity contribution in [1.29, 1.82) is 5.26 Å². The number of anilines is 2. The molecule has 0 radical (unpaired) electrons. The van der Waals surface area contributed by atoms with E-state index in [4.69, 9.17) is 11.0 Å². The highest BCUT2D eigenvalue weighted by molar-refractivity contribution is 5.39. The molecule has 0 aliphatic rings. The maximum absolute atomic E-state index is 8.71. The van der Waals surface area contributed by atoms with Gasteiger partial charge >= 0.3 is 0 Å². The van der Waals surface area contributed by atoms with Crippen molar-refractivity contribution >= 4 is 11.6 Å². The fraction of sp³-hybridized carbons (Fsp3) is 0.0833. The van der Waals surface area contributed by atoms with Crippen LogP contribution in [-0.4, -0.2) is 9.97 Å². The molecule has 0 atom stereocenters. The predicted molar refractivity (Wildman–Crippen MR) is 64.9 cm³/mol. The lowest BCUT2D eigenvalue weighted by Gasteiger charge is -2.05. The van der Waals surface area contributed by atoms with Crippen LogP contribution in [0.3, 0.4) is 0 Å². The topological polar surface area (TPSA) is 87.6 Å². The Balaban J connectivity index is 2.02. The van der Waals surface area contributed by atoms with Crippen LogP contribution in [0.25, 0.3) is 0 Å². The molecule has 17 heavy (non-hydrogen) atoms. The van der Waals surface area contributed by atoms with Crippen LogP contribution in [0.5, 0.6) is 0 Å². The van der Waals surface area contributed by atoms with Crippen molar-refractivity contribution in [3.8, 4) is 6.07 Å². The fourth-order valence-electron chi connectivity index (χ4n) is 1.33. The molecule has 0 aliphatic carbocycles. The third-order valence-corrected chi connectivity index (χ3v) is 2.18. The van der Waals surface area contributed by atoms with E-state index in [1.54, 1.807) is 24.4 Å². The third-order valence-electron chi connectivity index (χ3n) is 2.18. The summed E-state index contributed by atoms with van der Waals surface area (Å²) >= 11 is 0. The highest BCUT2D eigenvalue weighted by atomic mass is 15.0. The summed E-state index contributed by atoms with van der Waals surface area (Å²) in [4.78, 5) is 8.10. The van der Waals surface area contributed by atoms with Gasteiger partial charge in [-0.3, -0.25) is 0 Å². The fourth-order valence-corrected chi connectivity index (χ4v) is 1.33. The minimum absolute atomic E-state index is 0.394. The Kier molecular flexibility index (Phi) is 3.17. The zero-order valence-electron chi connectivity index (χ0n) is 9.09. The quantitative estimate of drug-likeness (QED) is 0.827. The number of hydrogen-bond acceptors (Lipinski definition) is 5. The van der Waals surface area contributed by atoms with Gasteiger partial charge in [0, 0.05) is 12.7 Å². The molecule has 2 rings (SSSR count). The maximum atomic E-state index is 8.71. The van der Waals surface area contributed by atoms with Gasteiger partial charge in [-0.2, -0.15) is 5.26 Å². The van der Waals surface area contributed by atoms with E-state index < -0.39 is 0 Å². The number of pyridine rings is 2. The molecule has 2 heterocycles. The van der Waals surface area contributed by atoms with Crippen molar-refractivity contribution in [2.45, 2.75) is 6.54 Å². The van der Waals surface area contributed by atoms with Crippen LogP contribution >= 0.6 is 0 Å². The zero-order valence-corrected chi connectivity index (χ0v) is 9.09. The first-order chi connectivity index (χ1) is 8.28. The number of nitrogens with two attached hydrogens (primary N) is 1. The summed E-state index contributed by atoms with van der Waals surface area (Å²) in [5, 5.41) is 11.8. The molecule has 0 spiro atoms. The lowest BCUT2D eigenvalue weighted by atomic mass is 10.3. The molecule has 0 saturated heterocycles. The molecule has 0 aromatic carbocycles. The first kappa shape index (κ1) is 10.9. The molecule has 0 amide bonds. The molecule has 5 nitrogen and oxygen atoms in total. The summed E-state index contributed by atoms with van der Waals surface area (Å²) in [6.07, 6.45) is 1.70. The Morgan fingerprint density at radius 2 is 2.18 bits per heavy atom. The smallest absolute Gasteiger partial charge is 0.142 e. The second-order valence-electron chi connectivity index (χ2n) is 3.46. The Hall–Kier alpha value is -2.61. The largest absolute Gasteiger partial charge is 0.384 e. The average molecular weight is 225 g/mol. The van der Waals surface area contributed by atoms with Crippen molar-refractivity contribution in [1.82, 2.24) is 9.97 Å². The first-order valence-electron chi connectivity index (χ1n) is 5.09. The SMILES string of the molecule is N#Cc1cccc(NCc2ccc(N)nc2)n1. The monoisotopic (exact) mass is 225 g/mol. The molecule has 3 N–H and O–H groups in total. The van der Waals surface area contributed by atoms with Gasteiger partial charge in [-0.25, -0.2) is 9.97 Å². The van der Waals surface area contributed by atoms with Crippen molar-refractivity contribution in [2.24, 2.45) is 0 Å². The van der Waals surface area contributed by atoms with E-state index in [2.05, 4.69) is 15.3 Å². The summed E-state index contributed by atoms with van der Waals surface area (Å²) < 4.78 is 0. The second kappa shape index (κ2) is 4.94. The molecule has 0 fully saturated rings. The van der Waals surface area contributed by atoms with E-state index >= 15 is 0 Å². The van der Waals surface area contributed by atoms with Gasteiger partial charge in [-0.1, -0.05) is 12.1 Å². The number of nitrogens with zero attached hydrogens (tertiary/aromatic N) is 3. The van der Waals surface area contributed by atoms with Gasteiger partial charge in [0.2, 0.25) is 0 Å². The predicted octanol–water partition coefficient (Wildman–Crippen LogP) is 1.54. The molecule has 0 bridgehead atoms. The van der Waals surface area contributed by atoms with E-state index in [0.29, 0.717) is 23.9 Å². The summed E-state index contributed by atoms with van der Waals surface area (Å²) in [7, 11) is 0. The van der Waals surface area contributed by atoms with Gasteiger partial charge in [0.25, 0.3) is 0 Å². The van der Waals surface area contributed by atoms with Crippen LogP contribution in [0.2, 0.25) is 0 Å². The molecular weight excluding hydrogens is 214 g/mol. The number of aromatic nitrogens is 2.